The number of H-pyrrole nitrogens is 1. The van der Waals surface area contributed by atoms with Crippen LogP contribution in [0, 0.1) is 28.7 Å². The van der Waals surface area contributed by atoms with Crippen LogP contribution in [0.25, 0.3) is 11.4 Å². The quantitative estimate of drug-likeness (QED) is 0.785. The second-order valence-electron chi connectivity index (χ2n) is 3.48. The number of halogens is 1. The smallest absolute Gasteiger partial charge is 0.148 e. The summed E-state index contributed by atoms with van der Waals surface area (Å²) in [5.74, 6) is -0.0423. The van der Waals surface area contributed by atoms with E-state index in [1.807, 2.05) is 6.07 Å². The maximum Gasteiger partial charge on any atom is 0.148 e. The first kappa shape index (κ1) is 11.4. The van der Waals surface area contributed by atoms with Crippen LogP contribution in [0.2, 0.25) is 0 Å². The van der Waals surface area contributed by atoms with Crippen molar-refractivity contribution < 1.29 is 4.39 Å². The maximum absolute atomic E-state index is 13.6. The number of aryl methyl sites for hydroxylation is 1. The van der Waals surface area contributed by atoms with Gasteiger partial charge in [0.1, 0.15) is 27.9 Å². The predicted octanol–water partition coefficient (Wildman–Crippen LogP) is 3.13. The molecule has 0 aliphatic rings. The molecule has 1 heterocycles. The van der Waals surface area contributed by atoms with Crippen molar-refractivity contribution >= 4 is 12.2 Å². The summed E-state index contributed by atoms with van der Waals surface area (Å²) in [7, 11) is 0. The molecule has 0 spiro atoms. The van der Waals surface area contributed by atoms with Gasteiger partial charge < -0.3 is 4.98 Å². The van der Waals surface area contributed by atoms with Crippen LogP contribution in [0.1, 0.15) is 11.3 Å². The van der Waals surface area contributed by atoms with Gasteiger partial charge in [0.25, 0.3) is 0 Å². The van der Waals surface area contributed by atoms with Crippen LogP contribution in [-0.2, 0) is 0 Å². The van der Waals surface area contributed by atoms with Gasteiger partial charge in [0.2, 0.25) is 0 Å². The lowest BCUT2D eigenvalue weighted by atomic mass is 10.2. The molecule has 5 heteroatoms. The molecule has 0 radical (unpaired) electrons. The van der Waals surface area contributed by atoms with Crippen molar-refractivity contribution in [1.29, 1.82) is 5.26 Å². The number of benzene rings is 1. The molecule has 0 aliphatic heterocycles. The summed E-state index contributed by atoms with van der Waals surface area (Å²) in [6.07, 6.45) is 0. The molecular weight excluding hydrogens is 237 g/mol. The average molecular weight is 245 g/mol. The van der Waals surface area contributed by atoms with E-state index in [1.54, 1.807) is 25.1 Å². The van der Waals surface area contributed by atoms with Gasteiger partial charge in [0, 0.05) is 5.69 Å². The van der Waals surface area contributed by atoms with E-state index in [-0.39, 0.29) is 10.5 Å². The molecule has 1 aromatic heterocycles. The number of rotatable bonds is 1. The molecular formula is C12H8FN3S. The third kappa shape index (κ3) is 2.08. The van der Waals surface area contributed by atoms with Crippen molar-refractivity contribution in [3.05, 3.63) is 46.0 Å². The van der Waals surface area contributed by atoms with E-state index in [9.17, 15) is 4.39 Å². The number of nitrogens with one attached hydrogen (secondary N) is 1. The number of aromatic amines is 1. The third-order valence-corrected chi connectivity index (χ3v) is 2.64. The summed E-state index contributed by atoms with van der Waals surface area (Å²) < 4.78 is 13.7. The van der Waals surface area contributed by atoms with E-state index < -0.39 is 0 Å². The number of hydrogen-bond acceptors (Lipinski definition) is 3. The zero-order valence-electron chi connectivity index (χ0n) is 8.99. The fraction of sp³-hybridized carbons (Fsp3) is 0.0833. The first-order valence-electron chi connectivity index (χ1n) is 4.89. The normalized spacial score (nSPS) is 9.94. The minimum Gasteiger partial charge on any atom is -0.342 e. The topological polar surface area (TPSA) is 52.5 Å². The monoisotopic (exact) mass is 245 g/mol. The highest BCUT2D eigenvalue weighted by Gasteiger charge is 2.09. The van der Waals surface area contributed by atoms with Crippen LogP contribution in [0.5, 0.6) is 0 Å². The van der Waals surface area contributed by atoms with Crippen molar-refractivity contribution in [2.24, 2.45) is 0 Å². The maximum atomic E-state index is 13.6. The van der Waals surface area contributed by atoms with E-state index in [2.05, 4.69) is 9.97 Å². The highest BCUT2D eigenvalue weighted by Crippen LogP contribution is 2.19. The van der Waals surface area contributed by atoms with Crippen LogP contribution < -0.4 is 0 Å². The molecule has 0 saturated heterocycles. The lowest BCUT2D eigenvalue weighted by Gasteiger charge is -2.05. The summed E-state index contributed by atoms with van der Waals surface area (Å²) >= 11 is 4.99. The zero-order chi connectivity index (χ0) is 12.4. The van der Waals surface area contributed by atoms with Crippen LogP contribution in [-0.4, -0.2) is 9.97 Å². The van der Waals surface area contributed by atoms with E-state index in [1.165, 1.54) is 6.07 Å². The van der Waals surface area contributed by atoms with Gasteiger partial charge >= 0.3 is 0 Å². The third-order valence-electron chi connectivity index (χ3n) is 2.35. The summed E-state index contributed by atoms with van der Waals surface area (Å²) in [6, 6.07) is 8.23. The molecule has 0 saturated carbocycles. The SMILES string of the molecule is Cc1[nH]c(-c2ccccc2F)nc(=S)c1C#N. The molecule has 0 aliphatic carbocycles. The van der Waals surface area contributed by atoms with Crippen molar-refractivity contribution in [3.63, 3.8) is 0 Å². The highest BCUT2D eigenvalue weighted by atomic mass is 32.1. The Balaban J connectivity index is 2.68. The van der Waals surface area contributed by atoms with Gasteiger partial charge in [0.05, 0.1) is 5.56 Å². The molecule has 84 valence electrons. The Morgan fingerprint density at radius 1 is 1.41 bits per heavy atom. The van der Waals surface area contributed by atoms with Gasteiger partial charge in [-0.15, -0.1) is 0 Å². The predicted molar refractivity (Wildman–Crippen MR) is 64.3 cm³/mol. The first-order valence-corrected chi connectivity index (χ1v) is 5.30. The fourth-order valence-corrected chi connectivity index (χ4v) is 1.79. The number of nitriles is 1. The van der Waals surface area contributed by atoms with Crippen LogP contribution in [0.4, 0.5) is 4.39 Å². The van der Waals surface area contributed by atoms with Gasteiger partial charge in [-0.3, -0.25) is 0 Å². The number of hydrogen-bond donors (Lipinski definition) is 1. The largest absolute Gasteiger partial charge is 0.342 e. The van der Waals surface area contributed by atoms with Gasteiger partial charge in [0.15, 0.2) is 0 Å². The van der Waals surface area contributed by atoms with Gasteiger partial charge in [-0.05, 0) is 19.1 Å². The summed E-state index contributed by atoms with van der Waals surface area (Å²) in [5, 5.41) is 8.86. The molecule has 0 unspecified atom stereocenters. The van der Waals surface area contributed by atoms with Gasteiger partial charge in [-0.25, -0.2) is 9.37 Å². The number of aromatic nitrogens is 2. The molecule has 1 N–H and O–H groups in total. The minimum atomic E-state index is -0.380. The summed E-state index contributed by atoms with van der Waals surface area (Å²) in [5.41, 5.74) is 1.25. The fourth-order valence-electron chi connectivity index (χ4n) is 1.50. The number of nitrogens with zero attached hydrogens (tertiary/aromatic N) is 2. The Kier molecular flexibility index (Phi) is 2.98. The summed E-state index contributed by atoms with van der Waals surface area (Å²) in [6.45, 7) is 1.71. The lowest BCUT2D eigenvalue weighted by Crippen LogP contribution is -1.98. The Bertz CT molecular complexity index is 670. The summed E-state index contributed by atoms with van der Waals surface area (Å²) in [4.78, 5) is 6.92. The zero-order valence-corrected chi connectivity index (χ0v) is 9.81. The van der Waals surface area contributed by atoms with Crippen LogP contribution >= 0.6 is 12.2 Å². The molecule has 0 fully saturated rings. The van der Waals surface area contributed by atoms with Crippen molar-refractivity contribution in [2.75, 3.05) is 0 Å². The molecule has 2 aromatic rings. The average Bonchev–Trinajstić information content (AvgIpc) is 2.29. The Morgan fingerprint density at radius 3 is 2.71 bits per heavy atom. The first-order chi connectivity index (χ1) is 8.13. The van der Waals surface area contributed by atoms with E-state index in [4.69, 9.17) is 17.5 Å². The second-order valence-corrected chi connectivity index (χ2v) is 3.87. The van der Waals surface area contributed by atoms with Crippen LogP contribution in [0.3, 0.4) is 0 Å². The molecule has 0 bridgehead atoms. The Labute approximate surface area is 103 Å². The molecule has 2 rings (SSSR count). The lowest BCUT2D eigenvalue weighted by molar-refractivity contribution is 0.630. The Morgan fingerprint density at radius 2 is 2.12 bits per heavy atom. The van der Waals surface area contributed by atoms with Crippen molar-refractivity contribution in [3.8, 4) is 17.5 Å². The van der Waals surface area contributed by atoms with E-state index >= 15 is 0 Å². The highest BCUT2D eigenvalue weighted by molar-refractivity contribution is 7.71. The van der Waals surface area contributed by atoms with E-state index in [0.717, 1.165) is 0 Å². The standard InChI is InChI=1S/C12H8FN3S/c1-7-9(6-14)12(17)16-11(15-7)8-4-2-3-5-10(8)13/h2-5H,1H3,(H,15,16,17). The van der Waals surface area contributed by atoms with Gasteiger partial charge in [-0.1, -0.05) is 24.4 Å². The molecule has 0 atom stereocenters. The molecule has 3 nitrogen and oxygen atoms in total. The molecule has 0 amide bonds. The van der Waals surface area contributed by atoms with Crippen molar-refractivity contribution in [1.82, 2.24) is 9.97 Å². The van der Waals surface area contributed by atoms with E-state index in [0.29, 0.717) is 22.6 Å². The second kappa shape index (κ2) is 4.44. The molecule has 17 heavy (non-hydrogen) atoms. The van der Waals surface area contributed by atoms with Gasteiger partial charge in [-0.2, -0.15) is 5.26 Å². The van der Waals surface area contributed by atoms with Crippen molar-refractivity contribution in [2.45, 2.75) is 6.92 Å². The minimum absolute atomic E-state index is 0.182. The Hall–Kier alpha value is -2.06. The van der Waals surface area contributed by atoms with Crippen LogP contribution in [0.15, 0.2) is 24.3 Å². The molecule has 1 aromatic carbocycles.